The van der Waals surface area contributed by atoms with E-state index in [1.54, 1.807) is 7.11 Å². The Balaban J connectivity index is 2.29. The maximum atomic E-state index is 5.46. The predicted octanol–water partition coefficient (Wildman–Crippen LogP) is 3.55. The average Bonchev–Trinajstić information content (AvgIpc) is 2.62. The number of methoxy groups -OCH3 is 1. The lowest BCUT2D eigenvalue weighted by Crippen LogP contribution is -2.39. The van der Waals surface area contributed by atoms with Crippen molar-refractivity contribution in [2.45, 2.75) is 46.1 Å². The molecule has 0 amide bonds. The van der Waals surface area contributed by atoms with Crippen molar-refractivity contribution in [3.8, 4) is 0 Å². The van der Waals surface area contributed by atoms with Crippen LogP contribution in [0.2, 0.25) is 0 Å². The van der Waals surface area contributed by atoms with Gasteiger partial charge >= 0.3 is 0 Å². The summed E-state index contributed by atoms with van der Waals surface area (Å²) in [7, 11) is 3.49. The zero-order valence-corrected chi connectivity index (χ0v) is 17.2. The summed E-state index contributed by atoms with van der Waals surface area (Å²) in [5.41, 5.74) is 2.66. The average molecular weight is 364 g/mol. The van der Waals surface area contributed by atoms with Crippen molar-refractivity contribution in [3.63, 3.8) is 0 Å². The van der Waals surface area contributed by atoms with Gasteiger partial charge in [0.15, 0.2) is 5.96 Å². The molecule has 5 nitrogen and oxygen atoms in total. The summed E-state index contributed by atoms with van der Waals surface area (Å²) in [6.45, 7) is 9.64. The third-order valence-corrected chi connectivity index (χ3v) is 4.14. The van der Waals surface area contributed by atoms with Gasteiger partial charge in [-0.3, -0.25) is 4.99 Å². The Bertz CT molecular complexity index is 500. The molecule has 0 spiro atoms. The van der Waals surface area contributed by atoms with E-state index in [2.05, 4.69) is 60.7 Å². The van der Waals surface area contributed by atoms with Crippen LogP contribution >= 0.6 is 0 Å². The smallest absolute Gasteiger partial charge is 0.191 e. The van der Waals surface area contributed by atoms with E-state index in [1.807, 2.05) is 7.05 Å². The number of aliphatic imine (C=N–C) groups is 1. The second-order valence-electron chi connectivity index (χ2n) is 7.02. The molecule has 148 valence electrons. The third kappa shape index (κ3) is 9.78. The van der Waals surface area contributed by atoms with Crippen molar-refractivity contribution in [2.75, 3.05) is 40.5 Å². The Morgan fingerprint density at radius 2 is 1.77 bits per heavy atom. The van der Waals surface area contributed by atoms with Gasteiger partial charge in [-0.2, -0.15) is 0 Å². The minimum atomic E-state index is 0.215. The molecule has 1 aromatic carbocycles. The normalized spacial score (nSPS) is 13.1. The largest absolute Gasteiger partial charge is 0.382 e. The SMILES string of the molecule is CN=C(NCCCCOCCOC)NC(C)c1ccc(CC(C)C)cc1. The zero-order chi connectivity index (χ0) is 19.2. The van der Waals surface area contributed by atoms with Crippen molar-refractivity contribution < 1.29 is 9.47 Å². The minimum Gasteiger partial charge on any atom is -0.382 e. The van der Waals surface area contributed by atoms with E-state index < -0.39 is 0 Å². The number of hydrogen-bond acceptors (Lipinski definition) is 3. The Labute approximate surface area is 159 Å². The van der Waals surface area contributed by atoms with E-state index >= 15 is 0 Å². The molecule has 0 aliphatic carbocycles. The van der Waals surface area contributed by atoms with Crippen LogP contribution in [0.5, 0.6) is 0 Å². The standard InChI is InChI=1S/C21H37N3O2/c1-17(2)16-19-8-10-20(11-9-19)18(3)24-21(22-4)23-12-6-7-13-26-15-14-25-5/h8-11,17-18H,6-7,12-16H2,1-5H3,(H2,22,23,24). The van der Waals surface area contributed by atoms with Gasteiger partial charge in [0.05, 0.1) is 19.3 Å². The Kier molecular flexibility index (Phi) is 11.7. The molecule has 1 atom stereocenters. The number of guanidine groups is 1. The summed E-state index contributed by atoms with van der Waals surface area (Å²) < 4.78 is 10.4. The number of rotatable bonds is 12. The minimum absolute atomic E-state index is 0.215. The molecule has 0 aromatic heterocycles. The summed E-state index contributed by atoms with van der Waals surface area (Å²) in [5, 5.41) is 6.82. The lowest BCUT2D eigenvalue weighted by Gasteiger charge is -2.19. The van der Waals surface area contributed by atoms with Crippen molar-refractivity contribution in [1.82, 2.24) is 10.6 Å². The van der Waals surface area contributed by atoms with Gasteiger partial charge < -0.3 is 20.1 Å². The van der Waals surface area contributed by atoms with E-state index in [1.165, 1.54) is 11.1 Å². The molecular formula is C21H37N3O2. The van der Waals surface area contributed by atoms with Crippen LogP contribution in [-0.2, 0) is 15.9 Å². The number of ether oxygens (including phenoxy) is 2. The predicted molar refractivity (Wildman–Crippen MR) is 110 cm³/mol. The van der Waals surface area contributed by atoms with E-state index in [0.717, 1.165) is 38.4 Å². The van der Waals surface area contributed by atoms with Crippen LogP contribution < -0.4 is 10.6 Å². The topological polar surface area (TPSA) is 54.9 Å². The van der Waals surface area contributed by atoms with E-state index in [4.69, 9.17) is 9.47 Å². The molecular weight excluding hydrogens is 326 g/mol. The first-order valence-electron chi connectivity index (χ1n) is 9.69. The van der Waals surface area contributed by atoms with Crippen LogP contribution in [0.25, 0.3) is 0 Å². The first kappa shape index (κ1) is 22.5. The van der Waals surface area contributed by atoms with Crippen molar-refractivity contribution in [1.29, 1.82) is 0 Å². The highest BCUT2D eigenvalue weighted by Crippen LogP contribution is 2.15. The first-order valence-corrected chi connectivity index (χ1v) is 9.69. The van der Waals surface area contributed by atoms with Gasteiger partial charge in [-0.15, -0.1) is 0 Å². The van der Waals surface area contributed by atoms with Crippen LogP contribution in [0.3, 0.4) is 0 Å². The number of benzene rings is 1. The van der Waals surface area contributed by atoms with Crippen LogP contribution in [0, 0.1) is 5.92 Å². The van der Waals surface area contributed by atoms with Gasteiger partial charge in [0.25, 0.3) is 0 Å². The molecule has 0 heterocycles. The van der Waals surface area contributed by atoms with Gasteiger partial charge in [0, 0.05) is 27.3 Å². The molecule has 0 saturated heterocycles. The fraction of sp³-hybridized carbons (Fsp3) is 0.667. The maximum absolute atomic E-state index is 5.46. The molecule has 5 heteroatoms. The van der Waals surface area contributed by atoms with E-state index in [0.29, 0.717) is 19.1 Å². The lowest BCUT2D eigenvalue weighted by atomic mass is 10.00. The molecule has 2 N–H and O–H groups in total. The Hall–Kier alpha value is -1.59. The molecule has 0 aliphatic heterocycles. The lowest BCUT2D eigenvalue weighted by molar-refractivity contribution is 0.0689. The molecule has 1 rings (SSSR count). The monoisotopic (exact) mass is 363 g/mol. The summed E-state index contributed by atoms with van der Waals surface area (Å²) in [5.74, 6) is 1.52. The molecule has 0 fully saturated rings. The highest BCUT2D eigenvalue weighted by molar-refractivity contribution is 5.80. The van der Waals surface area contributed by atoms with Crippen molar-refractivity contribution in [2.24, 2.45) is 10.9 Å². The van der Waals surface area contributed by atoms with E-state index in [9.17, 15) is 0 Å². The zero-order valence-electron chi connectivity index (χ0n) is 17.2. The quantitative estimate of drug-likeness (QED) is 0.339. The van der Waals surface area contributed by atoms with Gasteiger partial charge in [-0.05, 0) is 43.2 Å². The van der Waals surface area contributed by atoms with Gasteiger partial charge in [-0.25, -0.2) is 0 Å². The summed E-state index contributed by atoms with van der Waals surface area (Å²) in [6, 6.07) is 9.09. The van der Waals surface area contributed by atoms with Gasteiger partial charge in [0.1, 0.15) is 0 Å². The summed E-state index contributed by atoms with van der Waals surface area (Å²) in [6.07, 6.45) is 3.20. The number of unbranched alkanes of at least 4 members (excludes halogenated alkanes) is 1. The highest BCUT2D eigenvalue weighted by atomic mass is 16.5. The van der Waals surface area contributed by atoms with Crippen LogP contribution in [0.4, 0.5) is 0 Å². The van der Waals surface area contributed by atoms with Gasteiger partial charge in [0.2, 0.25) is 0 Å². The third-order valence-electron chi connectivity index (χ3n) is 4.14. The van der Waals surface area contributed by atoms with Crippen molar-refractivity contribution >= 4 is 5.96 Å². The first-order chi connectivity index (χ1) is 12.6. The van der Waals surface area contributed by atoms with E-state index in [-0.39, 0.29) is 6.04 Å². The second-order valence-corrected chi connectivity index (χ2v) is 7.02. The van der Waals surface area contributed by atoms with Crippen LogP contribution in [-0.4, -0.2) is 46.5 Å². The number of nitrogens with one attached hydrogen (secondary N) is 2. The fourth-order valence-corrected chi connectivity index (χ4v) is 2.68. The molecule has 1 unspecified atom stereocenters. The number of nitrogens with zero attached hydrogens (tertiary/aromatic N) is 1. The summed E-state index contributed by atoms with van der Waals surface area (Å²) >= 11 is 0. The fourth-order valence-electron chi connectivity index (χ4n) is 2.68. The Morgan fingerprint density at radius 1 is 1.04 bits per heavy atom. The molecule has 0 saturated carbocycles. The summed E-state index contributed by atoms with van der Waals surface area (Å²) in [4.78, 5) is 4.32. The molecule has 0 radical (unpaired) electrons. The highest BCUT2D eigenvalue weighted by Gasteiger charge is 2.08. The molecule has 0 aliphatic rings. The van der Waals surface area contributed by atoms with Crippen molar-refractivity contribution in [3.05, 3.63) is 35.4 Å². The molecule has 0 bridgehead atoms. The number of hydrogen-bond donors (Lipinski definition) is 2. The Morgan fingerprint density at radius 3 is 2.38 bits per heavy atom. The molecule has 26 heavy (non-hydrogen) atoms. The molecule has 1 aromatic rings. The maximum Gasteiger partial charge on any atom is 0.191 e. The van der Waals surface area contributed by atoms with Gasteiger partial charge in [-0.1, -0.05) is 38.1 Å². The second kappa shape index (κ2) is 13.6. The van der Waals surface area contributed by atoms with Crippen LogP contribution in [0.1, 0.15) is 50.8 Å². The van der Waals surface area contributed by atoms with Crippen LogP contribution in [0.15, 0.2) is 29.3 Å².